The van der Waals surface area contributed by atoms with E-state index in [0.29, 0.717) is 11.6 Å². The Bertz CT molecular complexity index is 748. The van der Waals surface area contributed by atoms with Gasteiger partial charge in [-0.05, 0) is 44.9 Å². The summed E-state index contributed by atoms with van der Waals surface area (Å²) in [5, 5.41) is 6.64. The van der Waals surface area contributed by atoms with E-state index in [9.17, 15) is 4.79 Å². The first-order valence-electron chi connectivity index (χ1n) is 8.75. The SMILES string of the molecule is Cc1cc(NC(=O)[C@@H](C)N2CCN(c3cccc(C)c3C)CC2)no1. The lowest BCUT2D eigenvalue weighted by Gasteiger charge is -2.39. The molecule has 2 heterocycles. The fraction of sp³-hybridized carbons (Fsp3) is 0.474. The second-order valence-corrected chi connectivity index (χ2v) is 6.73. The van der Waals surface area contributed by atoms with Gasteiger partial charge in [-0.1, -0.05) is 17.3 Å². The zero-order chi connectivity index (χ0) is 18.0. The van der Waals surface area contributed by atoms with Gasteiger partial charge in [0.15, 0.2) is 5.82 Å². The molecule has 134 valence electrons. The van der Waals surface area contributed by atoms with Crippen LogP contribution in [-0.2, 0) is 4.79 Å². The number of aromatic nitrogens is 1. The smallest absolute Gasteiger partial charge is 0.242 e. The molecule has 1 aliphatic rings. The summed E-state index contributed by atoms with van der Waals surface area (Å²) in [7, 11) is 0. The number of aryl methyl sites for hydroxylation is 2. The molecule has 1 N–H and O–H groups in total. The van der Waals surface area contributed by atoms with Crippen LogP contribution in [0.15, 0.2) is 28.8 Å². The van der Waals surface area contributed by atoms with Crippen LogP contribution < -0.4 is 10.2 Å². The van der Waals surface area contributed by atoms with Crippen molar-refractivity contribution in [3.8, 4) is 0 Å². The Balaban J connectivity index is 1.58. The highest BCUT2D eigenvalue weighted by Crippen LogP contribution is 2.24. The number of nitrogens with zero attached hydrogens (tertiary/aromatic N) is 3. The Morgan fingerprint density at radius 3 is 2.56 bits per heavy atom. The van der Waals surface area contributed by atoms with Crippen molar-refractivity contribution in [2.24, 2.45) is 0 Å². The second-order valence-electron chi connectivity index (χ2n) is 6.73. The van der Waals surface area contributed by atoms with E-state index in [1.165, 1.54) is 16.8 Å². The first kappa shape index (κ1) is 17.5. The van der Waals surface area contributed by atoms with E-state index >= 15 is 0 Å². The maximum Gasteiger partial charge on any atom is 0.242 e. The molecule has 1 fully saturated rings. The van der Waals surface area contributed by atoms with Crippen molar-refractivity contribution in [1.29, 1.82) is 0 Å². The molecule has 0 saturated carbocycles. The Kier molecular flexibility index (Phi) is 5.08. The number of benzene rings is 1. The number of carbonyl (C=O) groups excluding carboxylic acids is 1. The Morgan fingerprint density at radius 1 is 1.20 bits per heavy atom. The van der Waals surface area contributed by atoms with Crippen LogP contribution in [0.4, 0.5) is 11.5 Å². The standard InChI is InChI=1S/C19H26N4O2/c1-13-6-5-7-17(15(13)3)23-10-8-22(9-11-23)16(4)19(24)20-18-12-14(2)25-21-18/h5-7,12,16H,8-11H2,1-4H3,(H,20,21,24)/t16-/m1/s1. The summed E-state index contributed by atoms with van der Waals surface area (Å²) < 4.78 is 4.99. The molecular formula is C19H26N4O2. The summed E-state index contributed by atoms with van der Waals surface area (Å²) in [6.07, 6.45) is 0. The quantitative estimate of drug-likeness (QED) is 0.926. The van der Waals surface area contributed by atoms with E-state index < -0.39 is 0 Å². The minimum atomic E-state index is -0.197. The third kappa shape index (κ3) is 3.85. The molecule has 6 nitrogen and oxygen atoms in total. The molecule has 6 heteroatoms. The molecule has 0 unspecified atom stereocenters. The summed E-state index contributed by atoms with van der Waals surface area (Å²) >= 11 is 0. The van der Waals surface area contributed by atoms with Crippen LogP contribution in [0.3, 0.4) is 0 Å². The van der Waals surface area contributed by atoms with Crippen molar-refractivity contribution in [1.82, 2.24) is 10.1 Å². The zero-order valence-electron chi connectivity index (χ0n) is 15.4. The van der Waals surface area contributed by atoms with E-state index in [-0.39, 0.29) is 11.9 Å². The zero-order valence-corrected chi connectivity index (χ0v) is 15.4. The summed E-state index contributed by atoms with van der Waals surface area (Å²) in [6, 6.07) is 7.97. The van der Waals surface area contributed by atoms with Gasteiger partial charge >= 0.3 is 0 Å². The van der Waals surface area contributed by atoms with Gasteiger partial charge in [-0.2, -0.15) is 0 Å². The molecule has 1 saturated heterocycles. The fourth-order valence-electron chi connectivity index (χ4n) is 3.25. The van der Waals surface area contributed by atoms with E-state index in [1.54, 1.807) is 13.0 Å². The lowest BCUT2D eigenvalue weighted by Crippen LogP contribution is -2.53. The maximum absolute atomic E-state index is 12.4. The van der Waals surface area contributed by atoms with E-state index in [0.717, 1.165) is 26.2 Å². The van der Waals surface area contributed by atoms with Crippen molar-refractivity contribution >= 4 is 17.4 Å². The Morgan fingerprint density at radius 2 is 1.92 bits per heavy atom. The summed E-state index contributed by atoms with van der Waals surface area (Å²) in [6.45, 7) is 11.6. The monoisotopic (exact) mass is 342 g/mol. The number of amides is 1. The lowest BCUT2D eigenvalue weighted by atomic mass is 10.1. The average Bonchev–Trinajstić information content (AvgIpc) is 3.01. The second kappa shape index (κ2) is 7.27. The van der Waals surface area contributed by atoms with Crippen LogP contribution in [-0.4, -0.2) is 48.2 Å². The van der Waals surface area contributed by atoms with Crippen LogP contribution in [0.2, 0.25) is 0 Å². The minimum Gasteiger partial charge on any atom is -0.369 e. The molecule has 1 aromatic heterocycles. The van der Waals surface area contributed by atoms with E-state index in [2.05, 4.69) is 52.3 Å². The van der Waals surface area contributed by atoms with Gasteiger partial charge in [-0.3, -0.25) is 9.69 Å². The molecule has 25 heavy (non-hydrogen) atoms. The fourth-order valence-corrected chi connectivity index (χ4v) is 3.25. The van der Waals surface area contributed by atoms with E-state index in [4.69, 9.17) is 4.52 Å². The van der Waals surface area contributed by atoms with Crippen LogP contribution >= 0.6 is 0 Å². The molecule has 3 rings (SSSR count). The lowest BCUT2D eigenvalue weighted by molar-refractivity contribution is -0.120. The largest absolute Gasteiger partial charge is 0.369 e. The minimum absolute atomic E-state index is 0.0477. The van der Waals surface area contributed by atoms with Gasteiger partial charge in [-0.15, -0.1) is 0 Å². The molecule has 0 radical (unpaired) electrons. The van der Waals surface area contributed by atoms with Gasteiger partial charge < -0.3 is 14.7 Å². The van der Waals surface area contributed by atoms with Crippen molar-refractivity contribution in [3.63, 3.8) is 0 Å². The molecule has 0 aliphatic carbocycles. The number of rotatable bonds is 4. The van der Waals surface area contributed by atoms with Gasteiger partial charge in [-0.25, -0.2) is 0 Å². The molecule has 1 atom stereocenters. The highest BCUT2D eigenvalue weighted by molar-refractivity contribution is 5.93. The molecule has 1 amide bonds. The van der Waals surface area contributed by atoms with Crippen LogP contribution in [0.5, 0.6) is 0 Å². The molecule has 1 aromatic carbocycles. The first-order valence-corrected chi connectivity index (χ1v) is 8.75. The van der Waals surface area contributed by atoms with Crippen LogP contribution in [0.25, 0.3) is 0 Å². The predicted octanol–water partition coefficient (Wildman–Crippen LogP) is 2.75. The van der Waals surface area contributed by atoms with Crippen molar-refractivity contribution < 1.29 is 9.32 Å². The van der Waals surface area contributed by atoms with Gasteiger partial charge in [0, 0.05) is 37.9 Å². The molecule has 0 spiro atoms. The number of nitrogens with one attached hydrogen (secondary N) is 1. The Labute approximate surface area is 148 Å². The summed E-state index contributed by atoms with van der Waals surface area (Å²) in [5.41, 5.74) is 3.95. The predicted molar refractivity (Wildman–Crippen MR) is 99.0 cm³/mol. The topological polar surface area (TPSA) is 61.6 Å². The average molecular weight is 342 g/mol. The third-order valence-electron chi connectivity index (χ3n) is 5.04. The number of piperazine rings is 1. The highest BCUT2D eigenvalue weighted by atomic mass is 16.5. The number of anilines is 2. The number of carbonyl (C=O) groups is 1. The normalized spacial score (nSPS) is 16.7. The maximum atomic E-state index is 12.4. The molecule has 0 bridgehead atoms. The van der Waals surface area contributed by atoms with E-state index in [1.807, 2.05) is 6.92 Å². The molecular weight excluding hydrogens is 316 g/mol. The van der Waals surface area contributed by atoms with Crippen molar-refractivity contribution in [3.05, 3.63) is 41.2 Å². The van der Waals surface area contributed by atoms with Gasteiger partial charge in [0.25, 0.3) is 0 Å². The highest BCUT2D eigenvalue weighted by Gasteiger charge is 2.26. The van der Waals surface area contributed by atoms with Gasteiger partial charge in [0.05, 0.1) is 6.04 Å². The van der Waals surface area contributed by atoms with Crippen LogP contribution in [0.1, 0.15) is 23.8 Å². The molecule has 2 aromatic rings. The number of hydrogen-bond acceptors (Lipinski definition) is 5. The van der Waals surface area contributed by atoms with Gasteiger partial charge in [0.1, 0.15) is 5.76 Å². The first-order chi connectivity index (χ1) is 12.0. The third-order valence-corrected chi connectivity index (χ3v) is 5.04. The number of hydrogen-bond donors (Lipinski definition) is 1. The molecule has 1 aliphatic heterocycles. The van der Waals surface area contributed by atoms with Crippen molar-refractivity contribution in [2.75, 3.05) is 36.4 Å². The van der Waals surface area contributed by atoms with Gasteiger partial charge in [0.2, 0.25) is 5.91 Å². The van der Waals surface area contributed by atoms with Crippen LogP contribution in [0, 0.1) is 20.8 Å². The van der Waals surface area contributed by atoms with Crippen molar-refractivity contribution in [2.45, 2.75) is 33.7 Å². The Hall–Kier alpha value is -2.34. The summed E-state index contributed by atoms with van der Waals surface area (Å²) in [5.74, 6) is 1.11. The summed E-state index contributed by atoms with van der Waals surface area (Å²) in [4.78, 5) is 17.0.